The molecule has 8 heteroatoms. The maximum absolute atomic E-state index is 12.3. The number of carbonyl (C=O) groups excluding carboxylic acids is 3. The number of carbonyl (C=O) groups is 3. The number of hydrogen-bond acceptors (Lipinski definition) is 5. The van der Waals surface area contributed by atoms with E-state index in [0.29, 0.717) is 6.54 Å². The van der Waals surface area contributed by atoms with Gasteiger partial charge in [0.25, 0.3) is 5.91 Å². The molecule has 1 fully saturated rings. The first-order chi connectivity index (χ1) is 8.61. The first kappa shape index (κ1) is 15.2. The van der Waals surface area contributed by atoms with Gasteiger partial charge < -0.3 is 21.5 Å². The van der Waals surface area contributed by atoms with Gasteiger partial charge in [0.2, 0.25) is 5.54 Å². The number of nitrogens with zero attached hydrogens (tertiary/aromatic N) is 1. The Morgan fingerprint density at radius 3 is 2.26 bits per heavy atom. The van der Waals surface area contributed by atoms with Gasteiger partial charge in [0.15, 0.2) is 0 Å². The number of nitrogens with two attached hydrogens (primary N) is 2. The van der Waals surface area contributed by atoms with Crippen molar-refractivity contribution >= 4 is 17.9 Å². The molecular formula is C11H20N4O4. The van der Waals surface area contributed by atoms with Crippen molar-refractivity contribution in [3.05, 3.63) is 0 Å². The number of primary amides is 2. The van der Waals surface area contributed by atoms with Gasteiger partial charge in [-0.2, -0.15) is 0 Å². The van der Waals surface area contributed by atoms with Crippen LogP contribution in [0.25, 0.3) is 0 Å². The Morgan fingerprint density at radius 2 is 1.84 bits per heavy atom. The molecule has 108 valence electrons. The van der Waals surface area contributed by atoms with E-state index in [0.717, 1.165) is 4.90 Å². The molecule has 1 rings (SSSR count). The Morgan fingerprint density at radius 1 is 1.26 bits per heavy atom. The zero-order chi connectivity index (χ0) is 14.8. The third-order valence-corrected chi connectivity index (χ3v) is 2.76. The molecule has 0 radical (unpaired) electrons. The fourth-order valence-electron chi connectivity index (χ4n) is 1.91. The third kappa shape index (κ3) is 2.95. The lowest BCUT2D eigenvalue weighted by molar-refractivity contribution is -0.171. The fraction of sp³-hybridized carbons (Fsp3) is 0.727. The second kappa shape index (κ2) is 5.04. The summed E-state index contributed by atoms with van der Waals surface area (Å²) in [6.07, 6.45) is 0. The largest absolute Gasteiger partial charge is 0.458 e. The lowest BCUT2D eigenvalue weighted by atomic mass is 9.93. The Labute approximate surface area is 111 Å². The van der Waals surface area contributed by atoms with Crippen molar-refractivity contribution in [3.8, 4) is 0 Å². The lowest BCUT2D eigenvalue weighted by Gasteiger charge is -2.42. The van der Waals surface area contributed by atoms with Gasteiger partial charge in [0.1, 0.15) is 5.60 Å². The van der Waals surface area contributed by atoms with Crippen LogP contribution in [0.3, 0.4) is 0 Å². The maximum atomic E-state index is 12.3. The highest BCUT2D eigenvalue weighted by atomic mass is 16.6. The van der Waals surface area contributed by atoms with Crippen molar-refractivity contribution in [1.29, 1.82) is 0 Å². The highest BCUT2D eigenvalue weighted by molar-refractivity contribution is 6.09. The molecular weight excluding hydrogens is 252 g/mol. The SMILES string of the molecule is CC(C)(C)OC(=O)C1(C(N)=O)CNCCN1C(N)=O. The number of piperazine rings is 1. The predicted octanol–water partition coefficient (Wildman–Crippen LogP) is -1.46. The van der Waals surface area contributed by atoms with Crippen molar-refractivity contribution in [2.45, 2.75) is 31.9 Å². The van der Waals surface area contributed by atoms with Crippen molar-refractivity contribution in [2.24, 2.45) is 11.5 Å². The summed E-state index contributed by atoms with van der Waals surface area (Å²) >= 11 is 0. The standard InChI is InChI=1S/C11H20N4O4/c1-10(2,3)19-8(17)11(7(12)16)6-14-4-5-15(11)9(13)18/h14H,4-6H2,1-3H3,(H2,12,16)(H2,13,18). The smallest absolute Gasteiger partial charge is 0.343 e. The highest BCUT2D eigenvalue weighted by Gasteiger charge is 2.55. The molecule has 0 aliphatic carbocycles. The molecule has 19 heavy (non-hydrogen) atoms. The summed E-state index contributed by atoms with van der Waals surface area (Å²) < 4.78 is 5.19. The van der Waals surface area contributed by atoms with Gasteiger partial charge in [0, 0.05) is 19.6 Å². The first-order valence-electron chi connectivity index (χ1n) is 5.92. The minimum Gasteiger partial charge on any atom is -0.458 e. The van der Waals surface area contributed by atoms with Crippen molar-refractivity contribution in [1.82, 2.24) is 10.2 Å². The number of esters is 1. The van der Waals surface area contributed by atoms with Gasteiger partial charge in [-0.1, -0.05) is 0 Å². The number of amides is 3. The Kier molecular flexibility index (Phi) is 4.04. The van der Waals surface area contributed by atoms with Crippen LogP contribution in [0.2, 0.25) is 0 Å². The first-order valence-corrected chi connectivity index (χ1v) is 5.92. The van der Waals surface area contributed by atoms with E-state index in [4.69, 9.17) is 16.2 Å². The Balaban J connectivity index is 3.17. The Bertz CT molecular complexity index is 404. The molecule has 5 N–H and O–H groups in total. The average Bonchev–Trinajstić information content (AvgIpc) is 2.25. The van der Waals surface area contributed by atoms with Crippen LogP contribution in [0.4, 0.5) is 4.79 Å². The van der Waals surface area contributed by atoms with E-state index in [1.54, 1.807) is 20.8 Å². The summed E-state index contributed by atoms with van der Waals surface area (Å²) in [5.74, 6) is -1.84. The maximum Gasteiger partial charge on any atom is 0.343 e. The molecule has 0 saturated carbocycles. The second-order valence-corrected chi connectivity index (χ2v) is 5.39. The number of ether oxygens (including phenoxy) is 1. The summed E-state index contributed by atoms with van der Waals surface area (Å²) in [5.41, 5.74) is 7.85. The lowest BCUT2D eigenvalue weighted by Crippen LogP contribution is -2.74. The molecule has 0 bridgehead atoms. The van der Waals surface area contributed by atoms with Crippen LogP contribution >= 0.6 is 0 Å². The monoisotopic (exact) mass is 272 g/mol. The Hall–Kier alpha value is -1.83. The molecule has 0 aromatic carbocycles. The topological polar surface area (TPSA) is 128 Å². The van der Waals surface area contributed by atoms with Crippen LogP contribution < -0.4 is 16.8 Å². The van der Waals surface area contributed by atoms with E-state index >= 15 is 0 Å². The van der Waals surface area contributed by atoms with E-state index in [1.165, 1.54) is 0 Å². The van der Waals surface area contributed by atoms with Gasteiger partial charge in [0.05, 0.1) is 0 Å². The van der Waals surface area contributed by atoms with Crippen LogP contribution in [0.15, 0.2) is 0 Å². The molecule has 3 amide bonds. The van der Waals surface area contributed by atoms with Gasteiger partial charge in [-0.15, -0.1) is 0 Å². The number of rotatable bonds is 2. The molecule has 1 saturated heterocycles. The molecule has 1 atom stereocenters. The zero-order valence-electron chi connectivity index (χ0n) is 11.4. The van der Waals surface area contributed by atoms with Crippen LogP contribution in [0.1, 0.15) is 20.8 Å². The molecule has 1 aliphatic rings. The van der Waals surface area contributed by atoms with Crippen LogP contribution in [0.5, 0.6) is 0 Å². The number of hydrogen-bond donors (Lipinski definition) is 3. The van der Waals surface area contributed by atoms with Crippen molar-refractivity contribution in [2.75, 3.05) is 19.6 Å². The van der Waals surface area contributed by atoms with E-state index in [-0.39, 0.29) is 13.1 Å². The van der Waals surface area contributed by atoms with Gasteiger partial charge >= 0.3 is 12.0 Å². The molecule has 0 aromatic heterocycles. The highest BCUT2D eigenvalue weighted by Crippen LogP contribution is 2.22. The number of nitrogens with one attached hydrogen (secondary N) is 1. The van der Waals surface area contributed by atoms with Gasteiger partial charge in [-0.25, -0.2) is 9.59 Å². The molecule has 1 aliphatic heterocycles. The zero-order valence-corrected chi connectivity index (χ0v) is 11.4. The fourth-order valence-corrected chi connectivity index (χ4v) is 1.91. The van der Waals surface area contributed by atoms with Crippen molar-refractivity contribution in [3.63, 3.8) is 0 Å². The van der Waals surface area contributed by atoms with Crippen LogP contribution in [0, 0.1) is 0 Å². The minimum absolute atomic E-state index is 0.109. The molecule has 1 unspecified atom stereocenters. The quantitative estimate of drug-likeness (QED) is 0.418. The van der Waals surface area contributed by atoms with E-state index in [1.807, 2.05) is 0 Å². The molecule has 0 spiro atoms. The summed E-state index contributed by atoms with van der Waals surface area (Å²) in [4.78, 5) is 36.4. The second-order valence-electron chi connectivity index (χ2n) is 5.39. The normalized spacial score (nSPS) is 23.8. The summed E-state index contributed by atoms with van der Waals surface area (Å²) in [5, 5.41) is 2.86. The van der Waals surface area contributed by atoms with E-state index in [2.05, 4.69) is 5.32 Å². The van der Waals surface area contributed by atoms with E-state index in [9.17, 15) is 14.4 Å². The summed E-state index contributed by atoms with van der Waals surface area (Å²) in [6, 6.07) is -0.883. The van der Waals surface area contributed by atoms with E-state index < -0.39 is 29.0 Å². The van der Waals surface area contributed by atoms with Crippen LogP contribution in [-0.4, -0.2) is 53.6 Å². The van der Waals surface area contributed by atoms with Gasteiger partial charge in [-0.05, 0) is 20.8 Å². The summed E-state index contributed by atoms with van der Waals surface area (Å²) in [6.45, 7) is 5.39. The van der Waals surface area contributed by atoms with Gasteiger partial charge in [-0.3, -0.25) is 9.69 Å². The molecule has 1 heterocycles. The third-order valence-electron chi connectivity index (χ3n) is 2.76. The van der Waals surface area contributed by atoms with Crippen LogP contribution in [-0.2, 0) is 14.3 Å². The van der Waals surface area contributed by atoms with Crippen molar-refractivity contribution < 1.29 is 19.1 Å². The molecule has 0 aromatic rings. The number of urea groups is 1. The average molecular weight is 272 g/mol. The molecule has 8 nitrogen and oxygen atoms in total. The summed E-state index contributed by atoms with van der Waals surface area (Å²) in [7, 11) is 0. The minimum atomic E-state index is -1.89. The predicted molar refractivity (Wildman–Crippen MR) is 66.9 cm³/mol.